The molecule has 1 aromatic heterocycles. The second kappa shape index (κ2) is 11.8. The fourth-order valence-electron chi connectivity index (χ4n) is 3.26. The van der Waals surface area contributed by atoms with Crippen molar-refractivity contribution < 1.29 is 18.3 Å². The van der Waals surface area contributed by atoms with E-state index in [0.29, 0.717) is 17.1 Å². The Morgan fingerprint density at radius 2 is 1.71 bits per heavy atom. The zero-order chi connectivity index (χ0) is 24.6. The van der Waals surface area contributed by atoms with Crippen LogP contribution in [0.5, 0.6) is 5.88 Å². The van der Waals surface area contributed by atoms with Crippen molar-refractivity contribution in [3.63, 3.8) is 0 Å². The van der Waals surface area contributed by atoms with Crippen LogP contribution in [0.25, 0.3) is 0 Å². The molecule has 1 heterocycles. The van der Waals surface area contributed by atoms with Gasteiger partial charge < -0.3 is 10.1 Å². The number of hydrogen-bond acceptors (Lipinski definition) is 4. The van der Waals surface area contributed by atoms with E-state index >= 15 is 0 Å². The Bertz CT molecular complexity index is 1300. The van der Waals surface area contributed by atoms with Gasteiger partial charge in [-0.1, -0.05) is 54.1 Å². The zero-order valence-electron chi connectivity index (χ0n) is 18.5. The fraction of sp³-hybridized carbons (Fsp3) is 0.111. The van der Waals surface area contributed by atoms with E-state index in [0.717, 1.165) is 28.0 Å². The van der Waals surface area contributed by atoms with Crippen LogP contribution in [0.4, 0.5) is 14.5 Å². The predicted octanol–water partition coefficient (Wildman–Crippen LogP) is 7.07. The number of pyridine rings is 1. The standard InChI is InChI=1S/C27H21ClF2N2O2S/c28-24-13-21(29)8-6-19(24)12-26(33)32-23-10-7-20(16-34-27-11-9-22(30)15-31-27)25(14-23)35-17-18-4-2-1-3-5-18/h1-11,13-15H,12,16-17H2,(H,32,33). The number of rotatable bonds is 9. The lowest BCUT2D eigenvalue weighted by Gasteiger charge is -2.14. The number of thioether (sulfide) groups is 1. The monoisotopic (exact) mass is 510 g/mol. The summed E-state index contributed by atoms with van der Waals surface area (Å²) < 4.78 is 32.1. The molecule has 3 aromatic carbocycles. The molecule has 178 valence electrons. The molecule has 0 unspecified atom stereocenters. The molecule has 0 atom stereocenters. The van der Waals surface area contributed by atoms with E-state index in [1.165, 1.54) is 30.3 Å². The first-order chi connectivity index (χ1) is 17.0. The van der Waals surface area contributed by atoms with Gasteiger partial charge in [0.2, 0.25) is 11.8 Å². The Morgan fingerprint density at radius 3 is 2.46 bits per heavy atom. The second-order valence-corrected chi connectivity index (χ2v) is 9.09. The lowest BCUT2D eigenvalue weighted by atomic mass is 10.1. The van der Waals surface area contributed by atoms with Crippen LogP contribution in [0.15, 0.2) is 90.0 Å². The van der Waals surface area contributed by atoms with Gasteiger partial charge in [-0.2, -0.15) is 0 Å². The molecule has 8 heteroatoms. The van der Waals surface area contributed by atoms with E-state index < -0.39 is 11.6 Å². The number of carbonyl (C=O) groups is 1. The third-order valence-electron chi connectivity index (χ3n) is 5.03. The molecule has 0 spiro atoms. The minimum atomic E-state index is -0.451. The molecule has 0 fully saturated rings. The van der Waals surface area contributed by atoms with E-state index in [-0.39, 0.29) is 24.0 Å². The zero-order valence-corrected chi connectivity index (χ0v) is 20.1. The summed E-state index contributed by atoms with van der Waals surface area (Å²) in [5.74, 6) is -0.104. The Kier molecular flexibility index (Phi) is 8.34. The molecule has 0 aliphatic carbocycles. The number of benzene rings is 3. The molecule has 4 nitrogen and oxygen atoms in total. The van der Waals surface area contributed by atoms with E-state index in [2.05, 4.69) is 10.3 Å². The van der Waals surface area contributed by atoms with Gasteiger partial charge >= 0.3 is 0 Å². The van der Waals surface area contributed by atoms with Gasteiger partial charge in [-0.3, -0.25) is 4.79 Å². The van der Waals surface area contributed by atoms with Crippen molar-refractivity contribution in [2.75, 3.05) is 5.32 Å². The predicted molar refractivity (Wildman–Crippen MR) is 135 cm³/mol. The van der Waals surface area contributed by atoms with Gasteiger partial charge in [0.1, 0.15) is 18.2 Å². The molecule has 0 radical (unpaired) electrons. The first-order valence-corrected chi connectivity index (χ1v) is 12.1. The van der Waals surface area contributed by atoms with Gasteiger partial charge in [0.25, 0.3) is 0 Å². The van der Waals surface area contributed by atoms with Gasteiger partial charge in [-0.15, -0.1) is 11.8 Å². The van der Waals surface area contributed by atoms with Crippen LogP contribution in [-0.2, 0) is 23.6 Å². The topological polar surface area (TPSA) is 51.2 Å². The molecule has 0 bridgehead atoms. The van der Waals surface area contributed by atoms with Crippen molar-refractivity contribution in [2.45, 2.75) is 23.7 Å². The first-order valence-electron chi connectivity index (χ1n) is 10.7. The number of nitrogens with one attached hydrogen (secondary N) is 1. The summed E-state index contributed by atoms with van der Waals surface area (Å²) in [5.41, 5.74) is 3.22. The van der Waals surface area contributed by atoms with Crippen molar-refractivity contribution in [1.82, 2.24) is 4.98 Å². The average molecular weight is 511 g/mol. The highest BCUT2D eigenvalue weighted by Crippen LogP contribution is 2.30. The first kappa shape index (κ1) is 24.7. The van der Waals surface area contributed by atoms with Crippen LogP contribution < -0.4 is 10.1 Å². The molecule has 35 heavy (non-hydrogen) atoms. The van der Waals surface area contributed by atoms with E-state index in [4.69, 9.17) is 16.3 Å². The molecular formula is C27H21ClF2N2O2S. The third kappa shape index (κ3) is 7.28. The van der Waals surface area contributed by atoms with Crippen molar-refractivity contribution in [3.8, 4) is 5.88 Å². The fourth-order valence-corrected chi connectivity index (χ4v) is 4.54. The van der Waals surface area contributed by atoms with Crippen molar-refractivity contribution in [2.24, 2.45) is 0 Å². The van der Waals surface area contributed by atoms with E-state index in [1.807, 2.05) is 42.5 Å². The Morgan fingerprint density at radius 1 is 0.943 bits per heavy atom. The Labute approximate surface area is 211 Å². The summed E-state index contributed by atoms with van der Waals surface area (Å²) in [5, 5.41) is 3.09. The number of halogens is 3. The number of anilines is 1. The van der Waals surface area contributed by atoms with Crippen LogP contribution in [0.2, 0.25) is 5.02 Å². The van der Waals surface area contributed by atoms with E-state index in [9.17, 15) is 13.6 Å². The van der Waals surface area contributed by atoms with Gasteiger partial charge in [0.05, 0.1) is 12.6 Å². The summed E-state index contributed by atoms with van der Waals surface area (Å²) in [4.78, 5) is 17.5. The SMILES string of the molecule is O=C(Cc1ccc(F)cc1Cl)Nc1ccc(COc2ccc(F)cn2)c(SCc2ccccc2)c1. The lowest BCUT2D eigenvalue weighted by molar-refractivity contribution is -0.115. The number of amides is 1. The van der Waals surface area contributed by atoms with Crippen LogP contribution in [-0.4, -0.2) is 10.9 Å². The summed E-state index contributed by atoms with van der Waals surface area (Å²) in [6, 6.07) is 22.3. The van der Waals surface area contributed by atoms with Gasteiger partial charge in [0.15, 0.2) is 0 Å². The molecule has 1 N–H and O–H groups in total. The Hall–Kier alpha value is -3.42. The Balaban J connectivity index is 1.48. The highest BCUT2D eigenvalue weighted by atomic mass is 35.5. The summed E-state index contributed by atoms with van der Waals surface area (Å²) in [7, 11) is 0. The maximum atomic E-state index is 13.3. The highest BCUT2D eigenvalue weighted by molar-refractivity contribution is 7.98. The largest absolute Gasteiger partial charge is 0.473 e. The average Bonchev–Trinajstić information content (AvgIpc) is 2.85. The molecule has 0 aliphatic rings. The number of nitrogens with zero attached hydrogens (tertiary/aromatic N) is 1. The molecule has 0 saturated heterocycles. The van der Waals surface area contributed by atoms with Crippen LogP contribution >= 0.6 is 23.4 Å². The van der Waals surface area contributed by atoms with Crippen LogP contribution in [0, 0.1) is 11.6 Å². The quantitative estimate of drug-likeness (QED) is 0.245. The smallest absolute Gasteiger partial charge is 0.228 e. The van der Waals surface area contributed by atoms with Gasteiger partial charge in [-0.25, -0.2) is 13.8 Å². The maximum absolute atomic E-state index is 13.3. The number of ether oxygens (including phenoxy) is 1. The van der Waals surface area contributed by atoms with Crippen molar-refractivity contribution in [1.29, 1.82) is 0 Å². The molecular weight excluding hydrogens is 490 g/mol. The summed E-state index contributed by atoms with van der Waals surface area (Å²) in [6.45, 7) is 0.231. The number of aromatic nitrogens is 1. The van der Waals surface area contributed by atoms with Gasteiger partial charge in [-0.05, 0) is 41.5 Å². The minimum Gasteiger partial charge on any atom is -0.473 e. The van der Waals surface area contributed by atoms with Crippen molar-refractivity contribution >= 4 is 35.0 Å². The van der Waals surface area contributed by atoms with Crippen LogP contribution in [0.3, 0.4) is 0 Å². The van der Waals surface area contributed by atoms with E-state index in [1.54, 1.807) is 17.8 Å². The minimum absolute atomic E-state index is 0.0205. The number of carbonyl (C=O) groups excluding carboxylic acids is 1. The summed E-state index contributed by atoms with van der Waals surface area (Å²) in [6.07, 6.45) is 1.12. The molecule has 1 amide bonds. The molecule has 0 aliphatic heterocycles. The summed E-state index contributed by atoms with van der Waals surface area (Å²) >= 11 is 7.67. The molecule has 0 saturated carbocycles. The molecule has 4 aromatic rings. The number of hydrogen-bond donors (Lipinski definition) is 1. The third-order valence-corrected chi connectivity index (χ3v) is 6.55. The lowest BCUT2D eigenvalue weighted by Crippen LogP contribution is -2.15. The van der Waals surface area contributed by atoms with Gasteiger partial charge in [0, 0.05) is 33.0 Å². The maximum Gasteiger partial charge on any atom is 0.228 e. The molecule has 4 rings (SSSR count). The second-order valence-electron chi connectivity index (χ2n) is 7.66. The van der Waals surface area contributed by atoms with Crippen molar-refractivity contribution in [3.05, 3.63) is 118 Å². The normalized spacial score (nSPS) is 10.7. The van der Waals surface area contributed by atoms with Crippen LogP contribution in [0.1, 0.15) is 16.7 Å². The highest BCUT2D eigenvalue weighted by Gasteiger charge is 2.12.